The Kier molecular flexibility index (Phi) is 4.11. The Bertz CT molecular complexity index is 313. The first kappa shape index (κ1) is 10.7. The fraction of sp³-hybridized carbons (Fsp3) is 0.364. The highest BCUT2D eigenvalue weighted by Crippen LogP contribution is 2.17. The monoisotopic (exact) mass is 191 g/mol. The van der Waals surface area contributed by atoms with Crippen LogP contribution >= 0.6 is 0 Å². The second kappa shape index (κ2) is 5.38. The van der Waals surface area contributed by atoms with E-state index in [0.29, 0.717) is 12.2 Å². The second-order valence-corrected chi connectivity index (χ2v) is 2.91. The topological polar surface area (TPSA) is 42.2 Å². The molecular formula is C11H13NO2. The van der Waals surface area contributed by atoms with Crippen LogP contribution in [-0.4, -0.2) is 20.8 Å². The molecule has 74 valence electrons. The lowest BCUT2D eigenvalue weighted by Crippen LogP contribution is -2.08. The normalized spacial score (nSPS) is 12.1. The molecule has 0 saturated heterocycles. The predicted molar refractivity (Wildman–Crippen MR) is 52.8 cm³/mol. The SMILES string of the molecule is COC[C@H](OC)c1ccc(C#N)cc1. The van der Waals surface area contributed by atoms with Gasteiger partial charge in [0.05, 0.1) is 18.2 Å². The summed E-state index contributed by atoms with van der Waals surface area (Å²) in [4.78, 5) is 0. The summed E-state index contributed by atoms with van der Waals surface area (Å²) in [5.74, 6) is 0. The molecule has 0 heterocycles. The highest BCUT2D eigenvalue weighted by Gasteiger charge is 2.09. The van der Waals surface area contributed by atoms with Crippen molar-refractivity contribution in [1.29, 1.82) is 5.26 Å². The molecule has 14 heavy (non-hydrogen) atoms. The standard InChI is InChI=1S/C11H13NO2/c1-13-8-11(14-2)10-5-3-9(7-12)4-6-10/h3-6,11H,8H2,1-2H3/t11-/m0/s1. The number of nitriles is 1. The Labute approximate surface area is 83.9 Å². The molecule has 0 saturated carbocycles. The summed E-state index contributed by atoms with van der Waals surface area (Å²) in [6.07, 6.45) is -0.0623. The maximum Gasteiger partial charge on any atom is 0.105 e. The van der Waals surface area contributed by atoms with Gasteiger partial charge in [0.15, 0.2) is 0 Å². The third kappa shape index (κ3) is 2.56. The number of nitrogens with zero attached hydrogens (tertiary/aromatic N) is 1. The molecule has 3 heteroatoms. The van der Waals surface area contributed by atoms with Gasteiger partial charge in [-0.15, -0.1) is 0 Å². The number of rotatable bonds is 4. The number of ether oxygens (including phenoxy) is 2. The quantitative estimate of drug-likeness (QED) is 0.729. The molecule has 0 fully saturated rings. The third-order valence-electron chi connectivity index (χ3n) is 2.01. The molecule has 0 aliphatic heterocycles. The summed E-state index contributed by atoms with van der Waals surface area (Å²) in [7, 11) is 3.28. The van der Waals surface area contributed by atoms with Crippen molar-refractivity contribution in [1.82, 2.24) is 0 Å². The fourth-order valence-corrected chi connectivity index (χ4v) is 1.22. The molecule has 0 aromatic heterocycles. The van der Waals surface area contributed by atoms with E-state index >= 15 is 0 Å². The first-order valence-corrected chi connectivity index (χ1v) is 4.33. The van der Waals surface area contributed by atoms with Gasteiger partial charge in [-0.2, -0.15) is 5.26 Å². The van der Waals surface area contributed by atoms with E-state index in [0.717, 1.165) is 5.56 Å². The molecule has 1 aromatic carbocycles. The summed E-state index contributed by atoms with van der Waals surface area (Å²) in [5.41, 5.74) is 1.68. The fourth-order valence-electron chi connectivity index (χ4n) is 1.22. The second-order valence-electron chi connectivity index (χ2n) is 2.91. The molecule has 0 aliphatic rings. The minimum Gasteiger partial charge on any atom is -0.382 e. The maximum absolute atomic E-state index is 8.62. The Hall–Kier alpha value is -1.37. The van der Waals surface area contributed by atoms with Gasteiger partial charge >= 0.3 is 0 Å². The molecule has 0 bridgehead atoms. The number of hydrogen-bond donors (Lipinski definition) is 0. The average molecular weight is 191 g/mol. The zero-order valence-corrected chi connectivity index (χ0v) is 8.36. The zero-order valence-electron chi connectivity index (χ0n) is 8.36. The Morgan fingerprint density at radius 2 is 1.93 bits per heavy atom. The Balaban J connectivity index is 2.79. The van der Waals surface area contributed by atoms with Gasteiger partial charge in [-0.1, -0.05) is 12.1 Å². The lowest BCUT2D eigenvalue weighted by molar-refractivity contribution is 0.0275. The van der Waals surface area contributed by atoms with E-state index in [4.69, 9.17) is 14.7 Å². The van der Waals surface area contributed by atoms with E-state index in [-0.39, 0.29) is 6.10 Å². The first-order valence-electron chi connectivity index (χ1n) is 4.33. The third-order valence-corrected chi connectivity index (χ3v) is 2.01. The molecule has 0 aliphatic carbocycles. The molecule has 0 N–H and O–H groups in total. The van der Waals surface area contributed by atoms with Crippen molar-refractivity contribution < 1.29 is 9.47 Å². The largest absolute Gasteiger partial charge is 0.382 e. The van der Waals surface area contributed by atoms with Gasteiger partial charge in [-0.05, 0) is 17.7 Å². The summed E-state index contributed by atoms with van der Waals surface area (Å²) in [6.45, 7) is 0.516. The van der Waals surface area contributed by atoms with Crippen LogP contribution in [0.15, 0.2) is 24.3 Å². The van der Waals surface area contributed by atoms with Crippen molar-refractivity contribution in [3.05, 3.63) is 35.4 Å². The molecule has 3 nitrogen and oxygen atoms in total. The van der Waals surface area contributed by atoms with Gasteiger partial charge in [-0.25, -0.2) is 0 Å². The lowest BCUT2D eigenvalue weighted by Gasteiger charge is -2.14. The predicted octanol–water partition coefficient (Wildman–Crippen LogP) is 1.89. The van der Waals surface area contributed by atoms with Crippen LogP contribution in [-0.2, 0) is 9.47 Å². The van der Waals surface area contributed by atoms with Crippen LogP contribution in [0.2, 0.25) is 0 Å². The minimum absolute atomic E-state index is 0.0623. The first-order chi connectivity index (χ1) is 6.81. The number of benzene rings is 1. The van der Waals surface area contributed by atoms with E-state index in [1.807, 2.05) is 12.1 Å². The van der Waals surface area contributed by atoms with Crippen LogP contribution < -0.4 is 0 Å². The van der Waals surface area contributed by atoms with Gasteiger partial charge in [0, 0.05) is 14.2 Å². The lowest BCUT2D eigenvalue weighted by atomic mass is 10.1. The molecule has 0 spiro atoms. The van der Waals surface area contributed by atoms with Gasteiger partial charge in [0.1, 0.15) is 6.10 Å². The molecule has 0 radical (unpaired) electrons. The van der Waals surface area contributed by atoms with Crippen LogP contribution in [0.4, 0.5) is 0 Å². The van der Waals surface area contributed by atoms with Crippen LogP contribution in [0.1, 0.15) is 17.2 Å². The molecule has 1 aromatic rings. The average Bonchev–Trinajstić information content (AvgIpc) is 2.26. The number of hydrogen-bond acceptors (Lipinski definition) is 3. The van der Waals surface area contributed by atoms with E-state index in [2.05, 4.69) is 6.07 Å². The Morgan fingerprint density at radius 3 is 2.36 bits per heavy atom. The highest BCUT2D eigenvalue weighted by molar-refractivity contribution is 5.32. The van der Waals surface area contributed by atoms with E-state index in [9.17, 15) is 0 Å². The van der Waals surface area contributed by atoms with Crippen LogP contribution in [0.3, 0.4) is 0 Å². The summed E-state index contributed by atoms with van der Waals surface area (Å²) in [5, 5.41) is 8.62. The summed E-state index contributed by atoms with van der Waals surface area (Å²) in [6, 6.07) is 9.38. The van der Waals surface area contributed by atoms with Crippen molar-refractivity contribution in [2.75, 3.05) is 20.8 Å². The van der Waals surface area contributed by atoms with E-state index in [1.165, 1.54) is 0 Å². The summed E-state index contributed by atoms with van der Waals surface area (Å²) < 4.78 is 10.3. The van der Waals surface area contributed by atoms with Crippen LogP contribution in [0.25, 0.3) is 0 Å². The number of methoxy groups -OCH3 is 2. The van der Waals surface area contributed by atoms with Crippen molar-refractivity contribution in [2.24, 2.45) is 0 Å². The summed E-state index contributed by atoms with van der Waals surface area (Å²) >= 11 is 0. The van der Waals surface area contributed by atoms with Crippen molar-refractivity contribution in [3.8, 4) is 6.07 Å². The molecule has 1 atom stereocenters. The Morgan fingerprint density at radius 1 is 1.29 bits per heavy atom. The highest BCUT2D eigenvalue weighted by atomic mass is 16.5. The molecule has 1 rings (SSSR count). The molecule has 0 amide bonds. The molecular weight excluding hydrogens is 178 g/mol. The minimum atomic E-state index is -0.0623. The van der Waals surface area contributed by atoms with E-state index < -0.39 is 0 Å². The van der Waals surface area contributed by atoms with Crippen molar-refractivity contribution >= 4 is 0 Å². The van der Waals surface area contributed by atoms with Gasteiger partial charge in [-0.3, -0.25) is 0 Å². The van der Waals surface area contributed by atoms with Crippen LogP contribution in [0, 0.1) is 11.3 Å². The van der Waals surface area contributed by atoms with Crippen molar-refractivity contribution in [2.45, 2.75) is 6.10 Å². The van der Waals surface area contributed by atoms with Crippen molar-refractivity contribution in [3.63, 3.8) is 0 Å². The molecule has 0 unspecified atom stereocenters. The van der Waals surface area contributed by atoms with Gasteiger partial charge < -0.3 is 9.47 Å². The smallest absolute Gasteiger partial charge is 0.105 e. The maximum atomic E-state index is 8.62. The van der Waals surface area contributed by atoms with E-state index in [1.54, 1.807) is 26.4 Å². The zero-order chi connectivity index (χ0) is 10.4. The van der Waals surface area contributed by atoms with Crippen LogP contribution in [0.5, 0.6) is 0 Å². The van der Waals surface area contributed by atoms with Gasteiger partial charge in [0.2, 0.25) is 0 Å². The van der Waals surface area contributed by atoms with Gasteiger partial charge in [0.25, 0.3) is 0 Å².